The molecule has 0 aliphatic carbocycles. The van der Waals surface area contributed by atoms with Crippen LogP contribution in [0.4, 0.5) is 0 Å². The Hall–Kier alpha value is -0.890. The molecule has 0 saturated carbocycles. The van der Waals surface area contributed by atoms with Crippen LogP contribution in [0, 0.1) is 13.8 Å². The Kier molecular flexibility index (Phi) is 2.25. The van der Waals surface area contributed by atoms with E-state index in [9.17, 15) is 0 Å². The lowest BCUT2D eigenvalue weighted by atomic mass is 10.1. The molecule has 2 heteroatoms. The first kappa shape index (κ1) is 8.21. The average molecular weight is 150 g/mol. The Labute approximate surface area is 67.5 Å². The van der Waals surface area contributed by atoms with Crippen molar-refractivity contribution in [2.45, 2.75) is 26.8 Å². The van der Waals surface area contributed by atoms with Crippen LogP contribution in [-0.2, 0) is 0 Å². The minimum atomic E-state index is 0.107. The van der Waals surface area contributed by atoms with Gasteiger partial charge in [-0.1, -0.05) is 0 Å². The number of aromatic nitrogens is 1. The molecule has 0 bridgehead atoms. The molecule has 0 aliphatic heterocycles. The molecule has 2 nitrogen and oxygen atoms in total. The van der Waals surface area contributed by atoms with Crippen molar-refractivity contribution in [2.75, 3.05) is 0 Å². The minimum Gasteiger partial charge on any atom is -0.324 e. The molecule has 60 valence electrons. The van der Waals surface area contributed by atoms with Crippen molar-refractivity contribution < 1.29 is 0 Å². The summed E-state index contributed by atoms with van der Waals surface area (Å²) in [4.78, 5) is 4.26. The van der Waals surface area contributed by atoms with Crippen molar-refractivity contribution in [1.82, 2.24) is 4.98 Å². The summed E-state index contributed by atoms with van der Waals surface area (Å²) in [7, 11) is 0. The smallest absolute Gasteiger partial charge is 0.0379 e. The van der Waals surface area contributed by atoms with Crippen molar-refractivity contribution in [1.29, 1.82) is 0 Å². The number of nitrogens with zero attached hydrogens (tertiary/aromatic N) is 1. The standard InChI is InChI=1S/C9H14N2/c1-6-4-9(8(3)10)5-7(2)11-6/h4-5,8H,10H2,1-3H3/t8-/m1/s1. The summed E-state index contributed by atoms with van der Waals surface area (Å²) in [6.07, 6.45) is 0. The van der Waals surface area contributed by atoms with Gasteiger partial charge in [0.25, 0.3) is 0 Å². The quantitative estimate of drug-likeness (QED) is 0.662. The van der Waals surface area contributed by atoms with E-state index >= 15 is 0 Å². The summed E-state index contributed by atoms with van der Waals surface area (Å²) in [6, 6.07) is 4.16. The molecule has 0 spiro atoms. The van der Waals surface area contributed by atoms with E-state index in [0.717, 1.165) is 17.0 Å². The summed E-state index contributed by atoms with van der Waals surface area (Å²) < 4.78 is 0. The topological polar surface area (TPSA) is 38.9 Å². The van der Waals surface area contributed by atoms with Gasteiger partial charge in [-0.15, -0.1) is 0 Å². The molecule has 0 aromatic carbocycles. The molecule has 0 aliphatic rings. The van der Waals surface area contributed by atoms with Crippen LogP contribution in [0.5, 0.6) is 0 Å². The zero-order valence-electron chi connectivity index (χ0n) is 7.26. The molecular weight excluding hydrogens is 136 g/mol. The van der Waals surface area contributed by atoms with Crippen molar-refractivity contribution in [3.05, 3.63) is 29.1 Å². The van der Waals surface area contributed by atoms with Crippen LogP contribution in [0.25, 0.3) is 0 Å². The van der Waals surface area contributed by atoms with Gasteiger partial charge in [-0.25, -0.2) is 0 Å². The van der Waals surface area contributed by atoms with Crippen LogP contribution in [0.1, 0.15) is 29.9 Å². The monoisotopic (exact) mass is 150 g/mol. The van der Waals surface area contributed by atoms with Crippen molar-refractivity contribution in [3.8, 4) is 0 Å². The molecule has 2 N–H and O–H groups in total. The highest BCUT2D eigenvalue weighted by molar-refractivity contribution is 5.22. The molecule has 0 fully saturated rings. The lowest BCUT2D eigenvalue weighted by Gasteiger charge is -2.06. The van der Waals surface area contributed by atoms with Crippen LogP contribution >= 0.6 is 0 Å². The zero-order valence-corrected chi connectivity index (χ0v) is 7.26. The predicted octanol–water partition coefficient (Wildman–Crippen LogP) is 1.72. The van der Waals surface area contributed by atoms with E-state index in [1.807, 2.05) is 32.9 Å². The Bertz CT molecular complexity index is 233. The SMILES string of the molecule is Cc1cc([C@@H](C)N)cc(C)n1. The number of rotatable bonds is 1. The van der Waals surface area contributed by atoms with Gasteiger partial charge in [0.15, 0.2) is 0 Å². The number of pyridine rings is 1. The molecule has 1 aromatic rings. The molecule has 11 heavy (non-hydrogen) atoms. The lowest BCUT2D eigenvalue weighted by molar-refractivity contribution is 0.809. The minimum absolute atomic E-state index is 0.107. The van der Waals surface area contributed by atoms with Gasteiger partial charge in [0.05, 0.1) is 0 Å². The largest absolute Gasteiger partial charge is 0.324 e. The summed E-state index contributed by atoms with van der Waals surface area (Å²) in [5.74, 6) is 0. The van der Waals surface area contributed by atoms with Gasteiger partial charge >= 0.3 is 0 Å². The Balaban J connectivity index is 3.08. The normalized spacial score (nSPS) is 13.1. The van der Waals surface area contributed by atoms with Crippen LogP contribution < -0.4 is 5.73 Å². The third-order valence-electron chi connectivity index (χ3n) is 1.63. The second kappa shape index (κ2) is 3.01. The van der Waals surface area contributed by atoms with Crippen LogP contribution in [-0.4, -0.2) is 4.98 Å². The summed E-state index contributed by atoms with van der Waals surface area (Å²) in [5.41, 5.74) is 8.96. The van der Waals surface area contributed by atoms with Crippen LogP contribution in [0.2, 0.25) is 0 Å². The summed E-state index contributed by atoms with van der Waals surface area (Å²) in [6.45, 7) is 5.95. The maximum absolute atomic E-state index is 5.72. The van der Waals surface area contributed by atoms with E-state index in [1.54, 1.807) is 0 Å². The van der Waals surface area contributed by atoms with Gasteiger partial charge in [0, 0.05) is 17.4 Å². The van der Waals surface area contributed by atoms with Gasteiger partial charge in [-0.3, -0.25) is 4.98 Å². The first-order chi connectivity index (χ1) is 5.09. The van der Waals surface area contributed by atoms with Gasteiger partial charge in [-0.05, 0) is 38.5 Å². The highest BCUT2D eigenvalue weighted by Crippen LogP contribution is 2.11. The summed E-state index contributed by atoms with van der Waals surface area (Å²) in [5, 5.41) is 0. The van der Waals surface area contributed by atoms with Crippen LogP contribution in [0.15, 0.2) is 12.1 Å². The van der Waals surface area contributed by atoms with Crippen LogP contribution in [0.3, 0.4) is 0 Å². The molecule has 1 aromatic heterocycles. The van der Waals surface area contributed by atoms with E-state index in [1.165, 1.54) is 0 Å². The molecule has 0 radical (unpaired) electrons. The zero-order chi connectivity index (χ0) is 8.43. The second-order valence-electron chi connectivity index (χ2n) is 2.97. The molecular formula is C9H14N2. The Morgan fingerprint density at radius 1 is 1.27 bits per heavy atom. The van der Waals surface area contributed by atoms with E-state index < -0.39 is 0 Å². The third kappa shape index (κ3) is 2.02. The van der Waals surface area contributed by atoms with Crippen molar-refractivity contribution in [2.24, 2.45) is 5.73 Å². The van der Waals surface area contributed by atoms with Gasteiger partial charge < -0.3 is 5.73 Å². The fraction of sp³-hybridized carbons (Fsp3) is 0.444. The summed E-state index contributed by atoms with van der Waals surface area (Å²) >= 11 is 0. The maximum atomic E-state index is 5.72. The lowest BCUT2D eigenvalue weighted by Crippen LogP contribution is -2.06. The molecule has 0 saturated heterocycles. The number of aryl methyl sites for hydroxylation is 2. The number of hydrogen-bond acceptors (Lipinski definition) is 2. The molecule has 0 amide bonds. The van der Waals surface area contributed by atoms with E-state index in [0.29, 0.717) is 0 Å². The Morgan fingerprint density at radius 3 is 2.09 bits per heavy atom. The van der Waals surface area contributed by atoms with E-state index in [2.05, 4.69) is 4.98 Å². The highest BCUT2D eigenvalue weighted by atomic mass is 14.7. The van der Waals surface area contributed by atoms with Crippen molar-refractivity contribution in [3.63, 3.8) is 0 Å². The predicted molar refractivity (Wildman–Crippen MR) is 46.3 cm³/mol. The van der Waals surface area contributed by atoms with Gasteiger partial charge in [0.1, 0.15) is 0 Å². The molecule has 0 unspecified atom stereocenters. The first-order valence-electron chi connectivity index (χ1n) is 3.80. The second-order valence-corrected chi connectivity index (χ2v) is 2.97. The molecule has 1 heterocycles. The number of nitrogens with two attached hydrogens (primary N) is 1. The van der Waals surface area contributed by atoms with Gasteiger partial charge in [0.2, 0.25) is 0 Å². The molecule has 1 rings (SSSR count). The fourth-order valence-corrected chi connectivity index (χ4v) is 1.13. The van der Waals surface area contributed by atoms with Gasteiger partial charge in [-0.2, -0.15) is 0 Å². The highest BCUT2D eigenvalue weighted by Gasteiger charge is 2.00. The van der Waals surface area contributed by atoms with E-state index in [4.69, 9.17) is 5.73 Å². The average Bonchev–Trinajstić information content (AvgIpc) is 1.85. The molecule has 1 atom stereocenters. The Morgan fingerprint density at radius 2 is 1.73 bits per heavy atom. The van der Waals surface area contributed by atoms with Crippen molar-refractivity contribution >= 4 is 0 Å². The fourth-order valence-electron chi connectivity index (χ4n) is 1.13. The number of hydrogen-bond donors (Lipinski definition) is 1. The maximum Gasteiger partial charge on any atom is 0.0379 e. The third-order valence-corrected chi connectivity index (χ3v) is 1.63. The van der Waals surface area contributed by atoms with E-state index in [-0.39, 0.29) is 6.04 Å². The first-order valence-corrected chi connectivity index (χ1v) is 3.80.